The van der Waals surface area contributed by atoms with Crippen molar-refractivity contribution in [2.24, 2.45) is 11.7 Å². The molecule has 2 N–H and O–H groups in total. The van der Waals surface area contributed by atoms with Gasteiger partial charge in [-0.15, -0.1) is 0 Å². The Morgan fingerprint density at radius 2 is 1.59 bits per heavy atom. The molecular formula is C15H28N2. The van der Waals surface area contributed by atoms with Gasteiger partial charge in [-0.1, -0.05) is 25.7 Å². The zero-order chi connectivity index (χ0) is 11.7. The summed E-state index contributed by atoms with van der Waals surface area (Å²) in [5.74, 6) is 1.07. The van der Waals surface area contributed by atoms with Crippen molar-refractivity contribution in [3.05, 3.63) is 0 Å². The maximum atomic E-state index is 6.12. The summed E-state index contributed by atoms with van der Waals surface area (Å²) in [5, 5.41) is 0. The Labute approximate surface area is 106 Å². The first kappa shape index (κ1) is 12.0. The molecule has 0 aromatic heterocycles. The van der Waals surface area contributed by atoms with E-state index in [4.69, 9.17) is 5.73 Å². The van der Waals surface area contributed by atoms with E-state index in [9.17, 15) is 0 Å². The molecule has 2 aliphatic heterocycles. The molecule has 98 valence electrons. The van der Waals surface area contributed by atoms with E-state index in [0.717, 1.165) is 18.0 Å². The summed E-state index contributed by atoms with van der Waals surface area (Å²) in [6.45, 7) is 1.36. The summed E-state index contributed by atoms with van der Waals surface area (Å²) in [5.41, 5.74) is 6.12. The highest BCUT2D eigenvalue weighted by atomic mass is 15.2. The average Bonchev–Trinajstić information content (AvgIpc) is 2.88. The van der Waals surface area contributed by atoms with E-state index in [1.165, 1.54) is 70.8 Å². The van der Waals surface area contributed by atoms with Gasteiger partial charge in [0.25, 0.3) is 0 Å². The van der Waals surface area contributed by atoms with Gasteiger partial charge in [-0.25, -0.2) is 0 Å². The largest absolute Gasteiger partial charge is 0.328 e. The fourth-order valence-electron chi connectivity index (χ4n) is 4.54. The summed E-state index contributed by atoms with van der Waals surface area (Å²) in [7, 11) is 0. The van der Waals surface area contributed by atoms with Crippen molar-refractivity contribution >= 4 is 0 Å². The number of piperidine rings is 1. The molecule has 0 spiro atoms. The quantitative estimate of drug-likeness (QED) is 0.813. The van der Waals surface area contributed by atoms with Gasteiger partial charge in [-0.3, -0.25) is 4.90 Å². The van der Waals surface area contributed by atoms with Crippen molar-refractivity contribution in [3.63, 3.8) is 0 Å². The number of hydrogen-bond acceptors (Lipinski definition) is 2. The lowest BCUT2D eigenvalue weighted by atomic mass is 9.96. The molecule has 2 saturated heterocycles. The molecule has 0 aromatic rings. The van der Waals surface area contributed by atoms with E-state index in [2.05, 4.69) is 4.90 Å². The maximum Gasteiger partial charge on any atom is 0.0113 e. The topological polar surface area (TPSA) is 29.3 Å². The van der Waals surface area contributed by atoms with Gasteiger partial charge in [0.1, 0.15) is 0 Å². The fourth-order valence-corrected chi connectivity index (χ4v) is 4.54. The monoisotopic (exact) mass is 236 g/mol. The minimum atomic E-state index is 0.499. The fraction of sp³-hybridized carbons (Fsp3) is 1.00. The summed E-state index contributed by atoms with van der Waals surface area (Å²) in [6.07, 6.45) is 14.3. The van der Waals surface area contributed by atoms with E-state index in [-0.39, 0.29) is 0 Å². The SMILES string of the molecule is NC1CC2CCC(C1)N2CCCC1CCCC1. The molecule has 0 aromatic carbocycles. The molecular weight excluding hydrogens is 208 g/mol. The minimum absolute atomic E-state index is 0.499. The molecule has 2 heteroatoms. The second-order valence-corrected chi connectivity index (χ2v) is 6.65. The first-order valence-electron chi connectivity index (χ1n) is 7.84. The standard InChI is InChI=1S/C15H28N2/c16-13-10-14-7-8-15(11-13)17(14)9-3-6-12-4-1-2-5-12/h12-15H,1-11,16H2. The van der Waals surface area contributed by atoms with Gasteiger partial charge < -0.3 is 5.73 Å². The Morgan fingerprint density at radius 3 is 2.24 bits per heavy atom. The van der Waals surface area contributed by atoms with Gasteiger partial charge in [0.05, 0.1) is 0 Å². The third kappa shape index (κ3) is 2.68. The van der Waals surface area contributed by atoms with Gasteiger partial charge in [0.15, 0.2) is 0 Å². The molecule has 2 heterocycles. The van der Waals surface area contributed by atoms with Gasteiger partial charge in [-0.05, 0) is 51.0 Å². The molecule has 2 nitrogen and oxygen atoms in total. The first-order chi connectivity index (χ1) is 8.33. The average molecular weight is 236 g/mol. The van der Waals surface area contributed by atoms with Crippen molar-refractivity contribution in [1.29, 1.82) is 0 Å². The lowest BCUT2D eigenvalue weighted by Gasteiger charge is -2.37. The van der Waals surface area contributed by atoms with E-state index in [1.807, 2.05) is 0 Å². The van der Waals surface area contributed by atoms with Crippen LogP contribution in [-0.2, 0) is 0 Å². The second kappa shape index (κ2) is 5.27. The zero-order valence-electron chi connectivity index (χ0n) is 11.1. The zero-order valence-corrected chi connectivity index (χ0v) is 11.1. The lowest BCUT2D eigenvalue weighted by molar-refractivity contribution is 0.123. The highest BCUT2D eigenvalue weighted by Gasteiger charge is 2.38. The van der Waals surface area contributed by atoms with Crippen molar-refractivity contribution in [1.82, 2.24) is 4.90 Å². The van der Waals surface area contributed by atoms with Crippen LogP contribution in [0.1, 0.15) is 64.2 Å². The molecule has 2 bridgehead atoms. The van der Waals surface area contributed by atoms with E-state index < -0.39 is 0 Å². The molecule has 3 rings (SSSR count). The molecule has 17 heavy (non-hydrogen) atoms. The van der Waals surface area contributed by atoms with Gasteiger partial charge >= 0.3 is 0 Å². The molecule has 3 aliphatic rings. The van der Waals surface area contributed by atoms with Crippen LogP contribution in [0.25, 0.3) is 0 Å². The predicted molar refractivity (Wildman–Crippen MR) is 71.9 cm³/mol. The Kier molecular flexibility index (Phi) is 3.72. The minimum Gasteiger partial charge on any atom is -0.328 e. The molecule has 2 atom stereocenters. The first-order valence-corrected chi connectivity index (χ1v) is 7.84. The summed E-state index contributed by atoms with van der Waals surface area (Å²) >= 11 is 0. The van der Waals surface area contributed by atoms with Crippen LogP contribution in [0.2, 0.25) is 0 Å². The molecule has 0 radical (unpaired) electrons. The normalized spacial score (nSPS) is 39.0. The number of nitrogens with two attached hydrogens (primary N) is 1. The Hall–Kier alpha value is -0.0800. The number of fused-ring (bicyclic) bond motifs is 2. The molecule has 1 saturated carbocycles. The van der Waals surface area contributed by atoms with Gasteiger partial charge in [-0.2, -0.15) is 0 Å². The smallest absolute Gasteiger partial charge is 0.0113 e. The van der Waals surface area contributed by atoms with Crippen LogP contribution < -0.4 is 5.73 Å². The molecule has 3 fully saturated rings. The van der Waals surface area contributed by atoms with Crippen LogP contribution in [0.4, 0.5) is 0 Å². The van der Waals surface area contributed by atoms with Crippen molar-refractivity contribution in [3.8, 4) is 0 Å². The highest BCUT2D eigenvalue weighted by Crippen LogP contribution is 2.36. The Balaban J connectivity index is 1.43. The summed E-state index contributed by atoms with van der Waals surface area (Å²) in [4.78, 5) is 2.80. The van der Waals surface area contributed by atoms with E-state index in [0.29, 0.717) is 6.04 Å². The third-order valence-electron chi connectivity index (χ3n) is 5.42. The molecule has 2 unspecified atom stereocenters. The van der Waals surface area contributed by atoms with Crippen molar-refractivity contribution in [2.45, 2.75) is 82.3 Å². The maximum absolute atomic E-state index is 6.12. The van der Waals surface area contributed by atoms with Crippen LogP contribution in [0.15, 0.2) is 0 Å². The molecule has 1 aliphatic carbocycles. The van der Waals surface area contributed by atoms with Crippen LogP contribution in [0.5, 0.6) is 0 Å². The van der Waals surface area contributed by atoms with Crippen molar-refractivity contribution < 1.29 is 0 Å². The van der Waals surface area contributed by atoms with E-state index >= 15 is 0 Å². The predicted octanol–water partition coefficient (Wildman–Crippen LogP) is 2.91. The number of rotatable bonds is 4. The summed E-state index contributed by atoms with van der Waals surface area (Å²) < 4.78 is 0. The Morgan fingerprint density at radius 1 is 0.941 bits per heavy atom. The van der Waals surface area contributed by atoms with Gasteiger partial charge in [0.2, 0.25) is 0 Å². The van der Waals surface area contributed by atoms with Gasteiger partial charge in [0, 0.05) is 18.1 Å². The lowest BCUT2D eigenvalue weighted by Crippen LogP contribution is -2.47. The van der Waals surface area contributed by atoms with Crippen LogP contribution >= 0.6 is 0 Å². The van der Waals surface area contributed by atoms with Crippen LogP contribution in [0.3, 0.4) is 0 Å². The van der Waals surface area contributed by atoms with Crippen LogP contribution in [-0.4, -0.2) is 29.6 Å². The highest BCUT2D eigenvalue weighted by molar-refractivity contribution is 4.96. The number of hydrogen-bond donors (Lipinski definition) is 1. The van der Waals surface area contributed by atoms with E-state index in [1.54, 1.807) is 0 Å². The summed E-state index contributed by atoms with van der Waals surface area (Å²) in [6, 6.07) is 2.18. The third-order valence-corrected chi connectivity index (χ3v) is 5.42. The Bertz CT molecular complexity index is 233. The van der Waals surface area contributed by atoms with Crippen molar-refractivity contribution in [2.75, 3.05) is 6.54 Å². The molecule has 0 amide bonds. The second-order valence-electron chi connectivity index (χ2n) is 6.65. The van der Waals surface area contributed by atoms with Crippen LogP contribution in [0, 0.1) is 5.92 Å². The number of nitrogens with zero attached hydrogens (tertiary/aromatic N) is 1.